The van der Waals surface area contributed by atoms with Crippen molar-refractivity contribution >= 4 is 23.1 Å². The summed E-state index contributed by atoms with van der Waals surface area (Å²) in [6, 6.07) is 20.6. The van der Waals surface area contributed by atoms with Crippen molar-refractivity contribution < 1.29 is 19.1 Å². The van der Waals surface area contributed by atoms with Gasteiger partial charge in [0.2, 0.25) is 0 Å². The second-order valence-electron chi connectivity index (χ2n) is 7.98. The number of imide groups is 1. The third kappa shape index (κ3) is 4.46. The third-order valence-corrected chi connectivity index (χ3v) is 5.62. The maximum Gasteiger partial charge on any atom is 0.278 e. The number of carbonyl (C=O) groups excluding carboxylic acids is 2. The van der Waals surface area contributed by atoms with Crippen molar-refractivity contribution in [3.8, 4) is 11.5 Å². The molecule has 6 nitrogen and oxygen atoms in total. The third-order valence-electron chi connectivity index (χ3n) is 5.62. The molecule has 1 aliphatic heterocycles. The highest BCUT2D eigenvalue weighted by atomic mass is 16.5. The summed E-state index contributed by atoms with van der Waals surface area (Å²) in [4.78, 5) is 28.4. The van der Waals surface area contributed by atoms with Gasteiger partial charge < -0.3 is 14.8 Å². The topological polar surface area (TPSA) is 67.9 Å². The maximum atomic E-state index is 13.6. The number of rotatable bonds is 7. The molecule has 0 aromatic heterocycles. The fraction of sp³-hybridized carbons (Fsp3) is 0.185. The minimum absolute atomic E-state index is 0.194. The molecule has 0 saturated heterocycles. The number of anilines is 1. The van der Waals surface area contributed by atoms with Crippen LogP contribution in [0.3, 0.4) is 0 Å². The highest BCUT2D eigenvalue weighted by Gasteiger charge is 2.39. The predicted molar refractivity (Wildman–Crippen MR) is 128 cm³/mol. The van der Waals surface area contributed by atoms with Crippen molar-refractivity contribution in [3.05, 3.63) is 94.7 Å². The number of nitrogens with one attached hydrogen (secondary N) is 1. The van der Waals surface area contributed by atoms with E-state index in [2.05, 4.69) is 5.32 Å². The Hall–Kier alpha value is -4.06. The lowest BCUT2D eigenvalue weighted by atomic mass is 9.97. The molecule has 168 valence electrons. The summed E-state index contributed by atoms with van der Waals surface area (Å²) in [5, 5.41) is 3.18. The number of methoxy groups -OCH3 is 2. The summed E-state index contributed by atoms with van der Waals surface area (Å²) < 4.78 is 10.7. The van der Waals surface area contributed by atoms with Crippen molar-refractivity contribution in [3.63, 3.8) is 0 Å². The van der Waals surface area contributed by atoms with E-state index in [4.69, 9.17) is 9.47 Å². The Balaban J connectivity index is 1.80. The molecule has 0 spiro atoms. The van der Waals surface area contributed by atoms with Gasteiger partial charge in [-0.3, -0.25) is 14.5 Å². The maximum absolute atomic E-state index is 13.6. The summed E-state index contributed by atoms with van der Waals surface area (Å²) in [6.07, 6.45) is 0. The molecule has 0 bridgehead atoms. The van der Waals surface area contributed by atoms with Gasteiger partial charge in [0.15, 0.2) is 0 Å². The lowest BCUT2D eigenvalue weighted by Crippen LogP contribution is -2.32. The van der Waals surface area contributed by atoms with Crippen molar-refractivity contribution in [2.75, 3.05) is 19.5 Å². The second-order valence-corrected chi connectivity index (χ2v) is 7.98. The normalized spacial score (nSPS) is 13.5. The number of carbonyl (C=O) groups is 2. The molecule has 0 fully saturated rings. The van der Waals surface area contributed by atoms with Gasteiger partial charge >= 0.3 is 0 Å². The summed E-state index contributed by atoms with van der Waals surface area (Å²) in [5.41, 5.74) is 4.80. The van der Waals surface area contributed by atoms with E-state index in [1.165, 1.54) is 4.90 Å². The van der Waals surface area contributed by atoms with Crippen LogP contribution < -0.4 is 14.8 Å². The molecular formula is C27H26N2O4. The number of aryl methyl sites for hydroxylation is 2. The minimum atomic E-state index is -0.374. The zero-order valence-corrected chi connectivity index (χ0v) is 19.1. The SMILES string of the molecule is COc1cc(NC2=C(c3ccc(C)cc3C)C(=O)N(Cc3ccccc3)C2=O)cc(OC)c1. The average molecular weight is 443 g/mol. The molecule has 0 unspecified atom stereocenters. The minimum Gasteiger partial charge on any atom is -0.497 e. The average Bonchev–Trinajstić information content (AvgIpc) is 3.04. The first-order chi connectivity index (χ1) is 15.9. The molecule has 0 atom stereocenters. The molecule has 0 radical (unpaired) electrons. The van der Waals surface area contributed by atoms with Crippen molar-refractivity contribution in [1.82, 2.24) is 4.90 Å². The Morgan fingerprint density at radius 3 is 2.09 bits per heavy atom. The first kappa shape index (κ1) is 22.1. The van der Waals surface area contributed by atoms with Crippen LogP contribution in [0.2, 0.25) is 0 Å². The summed E-state index contributed by atoms with van der Waals surface area (Å²) in [6.45, 7) is 4.13. The number of benzene rings is 3. The zero-order valence-electron chi connectivity index (χ0n) is 19.1. The quantitative estimate of drug-likeness (QED) is 0.537. The molecule has 1 aliphatic rings. The van der Waals surface area contributed by atoms with Crippen LogP contribution in [0.5, 0.6) is 11.5 Å². The Labute approximate surface area is 193 Å². The molecule has 3 aromatic rings. The summed E-state index contributed by atoms with van der Waals surface area (Å²) >= 11 is 0. The first-order valence-electron chi connectivity index (χ1n) is 10.6. The van der Waals surface area contributed by atoms with Crippen molar-refractivity contribution in [2.24, 2.45) is 0 Å². The molecule has 0 aliphatic carbocycles. The van der Waals surface area contributed by atoms with Gasteiger partial charge in [-0.25, -0.2) is 0 Å². The van der Waals surface area contributed by atoms with E-state index in [1.54, 1.807) is 32.4 Å². The molecular weight excluding hydrogens is 416 g/mol. The largest absolute Gasteiger partial charge is 0.497 e. The number of hydrogen-bond acceptors (Lipinski definition) is 5. The van der Waals surface area contributed by atoms with Gasteiger partial charge in [-0.2, -0.15) is 0 Å². The van der Waals surface area contributed by atoms with Crippen LogP contribution in [0, 0.1) is 13.8 Å². The van der Waals surface area contributed by atoms with E-state index in [0.29, 0.717) is 22.8 Å². The van der Waals surface area contributed by atoms with Gasteiger partial charge in [0.25, 0.3) is 11.8 Å². The van der Waals surface area contributed by atoms with Crippen LogP contribution in [-0.4, -0.2) is 30.9 Å². The van der Waals surface area contributed by atoms with Gasteiger partial charge in [-0.05, 0) is 30.5 Å². The lowest BCUT2D eigenvalue weighted by molar-refractivity contribution is -0.137. The van der Waals surface area contributed by atoms with E-state index in [9.17, 15) is 9.59 Å². The summed E-state index contributed by atoms with van der Waals surface area (Å²) in [7, 11) is 3.12. The van der Waals surface area contributed by atoms with Crippen LogP contribution in [0.15, 0.2) is 72.4 Å². The first-order valence-corrected chi connectivity index (χ1v) is 10.6. The number of ether oxygens (including phenoxy) is 2. The van der Waals surface area contributed by atoms with Crippen LogP contribution in [0.25, 0.3) is 5.57 Å². The Morgan fingerprint density at radius 2 is 1.48 bits per heavy atom. The van der Waals surface area contributed by atoms with Crippen LogP contribution in [0.4, 0.5) is 5.69 Å². The number of hydrogen-bond donors (Lipinski definition) is 1. The highest BCUT2D eigenvalue weighted by Crippen LogP contribution is 2.35. The second kappa shape index (κ2) is 9.20. The number of amides is 2. The predicted octanol–water partition coefficient (Wildman–Crippen LogP) is 4.71. The van der Waals surface area contributed by atoms with Gasteiger partial charge in [-0.15, -0.1) is 0 Å². The summed E-state index contributed by atoms with van der Waals surface area (Å²) in [5.74, 6) is 0.445. The van der Waals surface area contributed by atoms with Crippen LogP contribution in [-0.2, 0) is 16.1 Å². The van der Waals surface area contributed by atoms with E-state index >= 15 is 0 Å². The van der Waals surface area contributed by atoms with Crippen molar-refractivity contribution in [1.29, 1.82) is 0 Å². The van der Waals surface area contributed by atoms with Crippen molar-refractivity contribution in [2.45, 2.75) is 20.4 Å². The van der Waals surface area contributed by atoms with E-state index in [0.717, 1.165) is 22.3 Å². The Kier molecular flexibility index (Phi) is 6.18. The Morgan fingerprint density at radius 1 is 0.818 bits per heavy atom. The standard InChI is InChI=1S/C27H26N2O4/c1-17-10-11-23(18(2)12-17)24-25(28-20-13-21(32-3)15-22(14-20)33-4)27(31)29(26(24)30)16-19-8-6-5-7-9-19/h5-15,28H,16H2,1-4H3. The van der Waals surface area contributed by atoms with Gasteiger partial charge in [-0.1, -0.05) is 54.1 Å². The molecule has 1 N–H and O–H groups in total. The fourth-order valence-corrected chi connectivity index (χ4v) is 3.97. The molecule has 4 rings (SSSR count). The Bertz CT molecular complexity index is 1230. The van der Waals surface area contributed by atoms with Gasteiger partial charge in [0.05, 0.1) is 26.3 Å². The molecule has 2 amide bonds. The molecule has 33 heavy (non-hydrogen) atoms. The highest BCUT2D eigenvalue weighted by molar-refractivity contribution is 6.36. The molecule has 3 aromatic carbocycles. The molecule has 6 heteroatoms. The lowest BCUT2D eigenvalue weighted by Gasteiger charge is -2.16. The van der Waals surface area contributed by atoms with E-state index < -0.39 is 0 Å². The monoisotopic (exact) mass is 442 g/mol. The van der Waals surface area contributed by atoms with Crippen LogP contribution >= 0.6 is 0 Å². The van der Waals surface area contributed by atoms with Gasteiger partial charge in [0.1, 0.15) is 17.2 Å². The van der Waals surface area contributed by atoms with Crippen LogP contribution in [0.1, 0.15) is 22.3 Å². The molecule has 0 saturated carbocycles. The van der Waals surface area contributed by atoms with Gasteiger partial charge in [0, 0.05) is 23.9 Å². The van der Waals surface area contributed by atoms with E-state index in [1.807, 2.05) is 62.4 Å². The fourth-order valence-electron chi connectivity index (χ4n) is 3.97. The molecule has 1 heterocycles. The zero-order chi connectivity index (χ0) is 23.5. The van der Waals surface area contributed by atoms with E-state index in [-0.39, 0.29) is 24.1 Å². The number of nitrogens with zero attached hydrogens (tertiary/aromatic N) is 1. The smallest absolute Gasteiger partial charge is 0.278 e.